The monoisotopic (exact) mass is 344 g/mol. The quantitative estimate of drug-likeness (QED) is 0.687. The van der Waals surface area contributed by atoms with E-state index in [1.54, 1.807) is 6.92 Å². The van der Waals surface area contributed by atoms with E-state index in [4.69, 9.17) is 4.52 Å². The van der Waals surface area contributed by atoms with Crippen LogP contribution in [0, 0.1) is 24.4 Å². The van der Waals surface area contributed by atoms with Crippen LogP contribution in [-0.4, -0.2) is 34.4 Å². The average molecular weight is 344 g/mol. The Morgan fingerprint density at radius 2 is 2.00 bits per heavy atom. The molecular weight excluding hydrogens is 329 g/mol. The zero-order chi connectivity index (χ0) is 17.7. The zero-order valence-electron chi connectivity index (χ0n) is 12.6. The Balaban J connectivity index is 1.91. The van der Waals surface area contributed by atoms with Crippen LogP contribution in [0.2, 0.25) is 0 Å². The molecule has 2 amide bonds. The van der Waals surface area contributed by atoms with Crippen LogP contribution < -0.4 is 10.6 Å². The van der Waals surface area contributed by atoms with Gasteiger partial charge < -0.3 is 20.3 Å². The molecule has 1 atom stereocenters. The van der Waals surface area contributed by atoms with E-state index in [0.29, 0.717) is 23.8 Å². The third-order valence-corrected chi connectivity index (χ3v) is 3.09. The Labute approximate surface area is 134 Å². The number of nitrogens with one attached hydrogen (secondary N) is 2. The van der Waals surface area contributed by atoms with Gasteiger partial charge in [-0.15, -0.1) is 0 Å². The van der Waals surface area contributed by atoms with Crippen LogP contribution in [0.5, 0.6) is 0 Å². The molecule has 130 valence electrons. The van der Waals surface area contributed by atoms with E-state index in [1.807, 2.05) is 0 Å². The number of nitrogens with zero attached hydrogens (tertiary/aromatic N) is 2. The summed E-state index contributed by atoms with van der Waals surface area (Å²) < 4.78 is 44.2. The number of urea groups is 1. The van der Waals surface area contributed by atoms with Gasteiger partial charge >= 0.3 is 6.03 Å². The molecule has 1 aromatic heterocycles. The molecule has 0 aliphatic heterocycles. The molecule has 0 aliphatic carbocycles. The summed E-state index contributed by atoms with van der Waals surface area (Å²) in [5.74, 6) is -3.62. The van der Waals surface area contributed by atoms with Crippen LogP contribution in [0.1, 0.15) is 23.3 Å². The molecule has 0 bridgehead atoms. The van der Waals surface area contributed by atoms with Crippen molar-refractivity contribution in [2.24, 2.45) is 0 Å². The van der Waals surface area contributed by atoms with Gasteiger partial charge in [-0.25, -0.2) is 18.0 Å². The molecule has 1 heterocycles. The number of aliphatic hydroxyl groups excluding tert-OH is 1. The maximum atomic E-state index is 13.2. The van der Waals surface area contributed by atoms with Gasteiger partial charge in [0.05, 0.1) is 12.6 Å². The van der Waals surface area contributed by atoms with E-state index in [2.05, 4.69) is 20.8 Å². The molecule has 2 rings (SSSR count). The summed E-state index contributed by atoms with van der Waals surface area (Å²) in [4.78, 5) is 15.7. The van der Waals surface area contributed by atoms with E-state index in [0.717, 1.165) is 0 Å². The second-order valence-electron chi connectivity index (χ2n) is 4.92. The number of hydrogen-bond donors (Lipinski definition) is 3. The Bertz CT molecular complexity index is 700. The maximum absolute atomic E-state index is 13.2. The first-order chi connectivity index (χ1) is 11.4. The minimum Gasteiger partial charge on any atom is -0.394 e. The highest BCUT2D eigenvalue weighted by atomic mass is 19.2. The van der Waals surface area contributed by atoms with Gasteiger partial charge in [-0.1, -0.05) is 5.16 Å². The number of rotatable bonds is 6. The second-order valence-corrected chi connectivity index (χ2v) is 4.92. The van der Waals surface area contributed by atoms with Gasteiger partial charge in [0.25, 0.3) is 0 Å². The van der Waals surface area contributed by atoms with Gasteiger partial charge in [-0.05, 0) is 24.6 Å². The summed E-state index contributed by atoms with van der Waals surface area (Å²) >= 11 is 0. The van der Waals surface area contributed by atoms with Crippen LogP contribution in [0.15, 0.2) is 16.7 Å². The van der Waals surface area contributed by atoms with Crippen molar-refractivity contribution in [3.8, 4) is 0 Å². The summed E-state index contributed by atoms with van der Waals surface area (Å²) in [5.41, 5.74) is -0.100. The van der Waals surface area contributed by atoms with Crippen molar-refractivity contribution in [3.05, 3.63) is 46.9 Å². The van der Waals surface area contributed by atoms with Gasteiger partial charge in [0, 0.05) is 13.0 Å². The van der Waals surface area contributed by atoms with Gasteiger partial charge in [-0.3, -0.25) is 0 Å². The van der Waals surface area contributed by atoms with E-state index < -0.39 is 36.1 Å². The molecule has 1 unspecified atom stereocenters. The lowest BCUT2D eigenvalue weighted by molar-refractivity contribution is 0.216. The molecule has 24 heavy (non-hydrogen) atoms. The fourth-order valence-electron chi connectivity index (χ4n) is 1.94. The van der Waals surface area contributed by atoms with Gasteiger partial charge in [0.15, 0.2) is 23.3 Å². The minimum absolute atomic E-state index is 0.100. The van der Waals surface area contributed by atoms with E-state index in [1.165, 1.54) is 0 Å². The van der Waals surface area contributed by atoms with Crippen molar-refractivity contribution in [2.45, 2.75) is 19.4 Å². The summed E-state index contributed by atoms with van der Waals surface area (Å²) in [5, 5.41) is 17.7. The average Bonchev–Trinajstić information content (AvgIpc) is 2.95. The van der Waals surface area contributed by atoms with Crippen molar-refractivity contribution in [1.29, 1.82) is 0 Å². The molecule has 10 heteroatoms. The molecule has 0 saturated carbocycles. The highest BCUT2D eigenvalue weighted by Gasteiger charge is 2.18. The highest BCUT2D eigenvalue weighted by Crippen LogP contribution is 2.19. The molecule has 0 radical (unpaired) electrons. The lowest BCUT2D eigenvalue weighted by Crippen LogP contribution is -2.40. The fourth-order valence-corrected chi connectivity index (χ4v) is 1.94. The number of aryl methyl sites for hydroxylation is 1. The number of hydrogen-bond acceptors (Lipinski definition) is 5. The van der Waals surface area contributed by atoms with Crippen molar-refractivity contribution < 1.29 is 27.6 Å². The minimum atomic E-state index is -1.62. The first kappa shape index (κ1) is 17.7. The molecule has 2 aromatic rings. The van der Waals surface area contributed by atoms with Crippen LogP contribution in [0.25, 0.3) is 0 Å². The third kappa shape index (κ3) is 4.44. The lowest BCUT2D eigenvalue weighted by Gasteiger charge is -2.17. The smallest absolute Gasteiger partial charge is 0.315 e. The summed E-state index contributed by atoms with van der Waals surface area (Å²) in [7, 11) is 0. The predicted octanol–water partition coefficient (Wildman–Crippen LogP) is 1.37. The number of carbonyl (C=O) groups is 1. The first-order valence-electron chi connectivity index (χ1n) is 6.99. The van der Waals surface area contributed by atoms with Crippen molar-refractivity contribution in [1.82, 2.24) is 20.8 Å². The number of amides is 2. The van der Waals surface area contributed by atoms with E-state index >= 15 is 0 Å². The molecule has 0 saturated heterocycles. The van der Waals surface area contributed by atoms with E-state index in [9.17, 15) is 23.1 Å². The number of aromatic nitrogens is 2. The maximum Gasteiger partial charge on any atom is 0.315 e. The third-order valence-electron chi connectivity index (χ3n) is 3.09. The zero-order valence-corrected chi connectivity index (χ0v) is 12.6. The summed E-state index contributed by atoms with van der Waals surface area (Å²) in [6.07, 6.45) is 0.290. The van der Waals surface area contributed by atoms with Crippen molar-refractivity contribution in [3.63, 3.8) is 0 Å². The van der Waals surface area contributed by atoms with Gasteiger partial charge in [-0.2, -0.15) is 4.98 Å². The fraction of sp³-hybridized carbons (Fsp3) is 0.357. The number of halogens is 3. The van der Waals surface area contributed by atoms with Crippen LogP contribution in [-0.2, 0) is 6.42 Å². The molecule has 0 aliphatic rings. The van der Waals surface area contributed by atoms with Crippen LogP contribution in [0.4, 0.5) is 18.0 Å². The molecular formula is C14H15F3N4O3. The Hall–Kier alpha value is -2.62. The molecule has 3 N–H and O–H groups in total. The van der Waals surface area contributed by atoms with Gasteiger partial charge in [0.2, 0.25) is 5.89 Å². The molecule has 0 spiro atoms. The number of aliphatic hydroxyl groups is 1. The SMILES string of the molecule is Cc1noc(CCNC(=O)NC(CO)c2cc(F)c(F)c(F)c2)n1. The van der Waals surface area contributed by atoms with Crippen molar-refractivity contribution >= 4 is 6.03 Å². The number of benzene rings is 1. The molecule has 1 aromatic carbocycles. The Morgan fingerprint density at radius 3 is 2.54 bits per heavy atom. The second kappa shape index (κ2) is 7.77. The van der Waals surface area contributed by atoms with Crippen molar-refractivity contribution in [2.75, 3.05) is 13.2 Å². The van der Waals surface area contributed by atoms with Crippen LogP contribution in [0.3, 0.4) is 0 Å². The Morgan fingerprint density at radius 1 is 1.33 bits per heavy atom. The van der Waals surface area contributed by atoms with Gasteiger partial charge in [0.1, 0.15) is 0 Å². The summed E-state index contributed by atoms with van der Waals surface area (Å²) in [6, 6.07) is -0.364. The topological polar surface area (TPSA) is 100 Å². The van der Waals surface area contributed by atoms with Crippen LogP contribution >= 0.6 is 0 Å². The first-order valence-corrected chi connectivity index (χ1v) is 6.99. The summed E-state index contributed by atoms with van der Waals surface area (Å²) in [6.45, 7) is 1.19. The predicted molar refractivity (Wildman–Crippen MR) is 75.4 cm³/mol. The largest absolute Gasteiger partial charge is 0.394 e. The standard InChI is InChI=1S/C14H15F3N4O3/c1-7-19-12(24-21-7)2-3-18-14(23)20-11(6-22)8-4-9(15)13(17)10(16)5-8/h4-5,11,22H,2-3,6H2,1H3,(H2,18,20,23). The lowest BCUT2D eigenvalue weighted by atomic mass is 10.1. The Kier molecular flexibility index (Phi) is 5.74. The molecule has 0 fully saturated rings. The number of carbonyl (C=O) groups excluding carboxylic acids is 1. The van der Waals surface area contributed by atoms with E-state index in [-0.39, 0.29) is 18.5 Å². The molecule has 7 nitrogen and oxygen atoms in total. The highest BCUT2D eigenvalue weighted by molar-refractivity contribution is 5.74. The normalized spacial score (nSPS) is 12.0.